The molecule has 2 aromatic carbocycles. The Kier molecular flexibility index (Phi) is 2.88. The second-order valence-electron chi connectivity index (χ2n) is 4.53. The number of nitrogens with zero attached hydrogens (tertiary/aromatic N) is 1. The van der Waals surface area contributed by atoms with Crippen molar-refractivity contribution in [2.75, 3.05) is 0 Å². The molecule has 98 valence electrons. The zero-order valence-electron chi connectivity index (χ0n) is 10.8. The first-order chi connectivity index (χ1) is 9.70. The van der Waals surface area contributed by atoms with Crippen molar-refractivity contribution in [3.63, 3.8) is 0 Å². The summed E-state index contributed by atoms with van der Waals surface area (Å²) in [5.41, 5.74) is 2.14. The van der Waals surface area contributed by atoms with Gasteiger partial charge < -0.3 is 5.11 Å². The summed E-state index contributed by atoms with van der Waals surface area (Å²) in [7, 11) is 0. The van der Waals surface area contributed by atoms with Gasteiger partial charge in [0.1, 0.15) is 5.75 Å². The molecule has 0 saturated heterocycles. The van der Waals surface area contributed by atoms with Crippen LogP contribution in [0.25, 0.3) is 17.0 Å². The lowest BCUT2D eigenvalue weighted by molar-refractivity contribution is 0.0965. The number of hydrogen-bond acceptors (Lipinski definition) is 2. The van der Waals surface area contributed by atoms with E-state index in [2.05, 4.69) is 6.58 Å². The minimum atomic E-state index is -0.130. The lowest BCUT2D eigenvalue weighted by Gasteiger charge is -2.04. The first-order valence-corrected chi connectivity index (χ1v) is 6.27. The molecule has 0 bridgehead atoms. The Balaban J connectivity index is 2.23. The molecule has 1 heterocycles. The largest absolute Gasteiger partial charge is 0.508 e. The van der Waals surface area contributed by atoms with E-state index in [9.17, 15) is 9.90 Å². The monoisotopic (exact) mass is 263 g/mol. The van der Waals surface area contributed by atoms with E-state index in [1.807, 2.05) is 18.2 Å². The van der Waals surface area contributed by atoms with Crippen LogP contribution < -0.4 is 0 Å². The van der Waals surface area contributed by atoms with Crippen LogP contribution in [0.3, 0.4) is 0 Å². The number of fused-ring (bicyclic) bond motifs is 1. The van der Waals surface area contributed by atoms with Crippen LogP contribution in [0, 0.1) is 0 Å². The molecule has 0 atom stereocenters. The van der Waals surface area contributed by atoms with Gasteiger partial charge in [-0.3, -0.25) is 9.36 Å². The van der Waals surface area contributed by atoms with Gasteiger partial charge in [0.05, 0.1) is 5.52 Å². The molecule has 1 aromatic heterocycles. The highest BCUT2D eigenvalue weighted by molar-refractivity contribution is 6.04. The van der Waals surface area contributed by atoms with E-state index in [1.54, 1.807) is 47.2 Å². The molecule has 0 fully saturated rings. The van der Waals surface area contributed by atoms with Crippen molar-refractivity contribution in [1.82, 2.24) is 4.57 Å². The van der Waals surface area contributed by atoms with Crippen LogP contribution in [0.1, 0.15) is 15.9 Å². The normalized spacial score (nSPS) is 10.6. The molecule has 0 spiro atoms. The van der Waals surface area contributed by atoms with E-state index in [-0.39, 0.29) is 11.7 Å². The summed E-state index contributed by atoms with van der Waals surface area (Å²) in [5, 5.41) is 10.5. The zero-order valence-corrected chi connectivity index (χ0v) is 10.8. The van der Waals surface area contributed by atoms with Gasteiger partial charge >= 0.3 is 0 Å². The van der Waals surface area contributed by atoms with Crippen LogP contribution in [-0.2, 0) is 0 Å². The van der Waals surface area contributed by atoms with Crippen LogP contribution in [0.5, 0.6) is 5.75 Å². The highest BCUT2D eigenvalue weighted by Gasteiger charge is 2.14. The molecule has 3 nitrogen and oxygen atoms in total. The smallest absolute Gasteiger partial charge is 0.262 e. The summed E-state index contributed by atoms with van der Waals surface area (Å²) in [6.45, 7) is 3.76. The van der Waals surface area contributed by atoms with E-state index in [4.69, 9.17) is 0 Å². The first-order valence-electron chi connectivity index (χ1n) is 6.27. The number of aromatic nitrogens is 1. The van der Waals surface area contributed by atoms with Crippen LogP contribution in [0.2, 0.25) is 0 Å². The number of benzene rings is 2. The zero-order chi connectivity index (χ0) is 14.1. The molecule has 0 radical (unpaired) electrons. The van der Waals surface area contributed by atoms with E-state index in [0.29, 0.717) is 11.1 Å². The van der Waals surface area contributed by atoms with Gasteiger partial charge in [-0.15, -0.1) is 0 Å². The standard InChI is InChI=1S/C17H13NO2/c1-2-12-11-18(16-10-14(19)8-9-15(12)16)17(20)13-6-4-3-5-7-13/h2-11,19H,1H2. The Labute approximate surface area is 116 Å². The number of carbonyl (C=O) groups is 1. The van der Waals surface area contributed by atoms with Crippen LogP contribution in [-0.4, -0.2) is 15.6 Å². The average molecular weight is 263 g/mol. The van der Waals surface area contributed by atoms with Crippen LogP contribution >= 0.6 is 0 Å². The molecule has 0 aliphatic rings. The molecule has 0 aliphatic carbocycles. The van der Waals surface area contributed by atoms with E-state index >= 15 is 0 Å². The van der Waals surface area contributed by atoms with E-state index in [1.165, 1.54) is 0 Å². The minimum absolute atomic E-state index is 0.130. The lowest BCUT2D eigenvalue weighted by Crippen LogP contribution is -2.10. The van der Waals surface area contributed by atoms with Crippen LogP contribution in [0.15, 0.2) is 61.3 Å². The maximum atomic E-state index is 12.5. The highest BCUT2D eigenvalue weighted by Crippen LogP contribution is 2.26. The van der Waals surface area contributed by atoms with Crippen molar-refractivity contribution in [2.24, 2.45) is 0 Å². The number of hydrogen-bond donors (Lipinski definition) is 1. The molecule has 0 unspecified atom stereocenters. The van der Waals surface area contributed by atoms with Crippen LogP contribution in [0.4, 0.5) is 0 Å². The number of rotatable bonds is 2. The average Bonchev–Trinajstić information content (AvgIpc) is 2.85. The molecule has 0 aliphatic heterocycles. The Morgan fingerprint density at radius 1 is 1.15 bits per heavy atom. The van der Waals surface area contributed by atoms with Crippen molar-refractivity contribution in [3.05, 3.63) is 72.4 Å². The first kappa shape index (κ1) is 12.2. The number of carbonyl (C=O) groups excluding carboxylic acids is 1. The number of phenols is 1. The molecular weight excluding hydrogens is 250 g/mol. The second kappa shape index (κ2) is 4.70. The maximum Gasteiger partial charge on any atom is 0.262 e. The number of aromatic hydroxyl groups is 1. The summed E-state index contributed by atoms with van der Waals surface area (Å²) in [6, 6.07) is 14.0. The highest BCUT2D eigenvalue weighted by atomic mass is 16.3. The predicted octanol–water partition coefficient (Wildman–Crippen LogP) is 3.68. The van der Waals surface area contributed by atoms with Crippen molar-refractivity contribution in [2.45, 2.75) is 0 Å². The van der Waals surface area contributed by atoms with Crippen molar-refractivity contribution in [3.8, 4) is 5.75 Å². The fraction of sp³-hybridized carbons (Fsp3) is 0. The Hall–Kier alpha value is -2.81. The quantitative estimate of drug-likeness (QED) is 0.766. The van der Waals surface area contributed by atoms with Gasteiger partial charge in [-0.25, -0.2) is 0 Å². The SMILES string of the molecule is C=Cc1cn(C(=O)c2ccccc2)c2cc(O)ccc12. The van der Waals surface area contributed by atoms with Crippen molar-refractivity contribution in [1.29, 1.82) is 0 Å². The van der Waals surface area contributed by atoms with E-state index in [0.717, 1.165) is 10.9 Å². The Morgan fingerprint density at radius 3 is 2.60 bits per heavy atom. The summed E-state index contributed by atoms with van der Waals surface area (Å²) >= 11 is 0. The summed E-state index contributed by atoms with van der Waals surface area (Å²) in [4.78, 5) is 12.5. The molecule has 20 heavy (non-hydrogen) atoms. The predicted molar refractivity (Wildman–Crippen MR) is 79.9 cm³/mol. The third kappa shape index (κ3) is 1.89. The minimum Gasteiger partial charge on any atom is -0.508 e. The van der Waals surface area contributed by atoms with Gasteiger partial charge in [0, 0.05) is 23.2 Å². The molecule has 0 amide bonds. The summed E-state index contributed by atoms with van der Waals surface area (Å²) in [6.07, 6.45) is 3.45. The van der Waals surface area contributed by atoms with E-state index < -0.39 is 0 Å². The Bertz CT molecular complexity index is 800. The number of phenolic OH excluding ortho intramolecular Hbond substituents is 1. The lowest BCUT2D eigenvalue weighted by atomic mass is 10.1. The van der Waals surface area contributed by atoms with Gasteiger partial charge in [0.2, 0.25) is 0 Å². The maximum absolute atomic E-state index is 12.5. The van der Waals surface area contributed by atoms with Gasteiger partial charge in [-0.2, -0.15) is 0 Å². The van der Waals surface area contributed by atoms with Crippen molar-refractivity contribution >= 4 is 22.9 Å². The third-order valence-corrected chi connectivity index (χ3v) is 3.28. The third-order valence-electron chi connectivity index (χ3n) is 3.28. The van der Waals surface area contributed by atoms with Gasteiger partial charge in [0.15, 0.2) is 0 Å². The topological polar surface area (TPSA) is 42.2 Å². The molecule has 3 rings (SSSR count). The van der Waals surface area contributed by atoms with Gasteiger partial charge in [0.25, 0.3) is 5.91 Å². The molecule has 1 N–H and O–H groups in total. The van der Waals surface area contributed by atoms with Gasteiger partial charge in [-0.1, -0.05) is 30.9 Å². The fourth-order valence-electron chi connectivity index (χ4n) is 2.29. The van der Waals surface area contributed by atoms with Gasteiger partial charge in [-0.05, 0) is 29.8 Å². The molecular formula is C17H13NO2. The summed E-state index contributed by atoms with van der Waals surface area (Å²) in [5.74, 6) is 0.00243. The second-order valence-corrected chi connectivity index (χ2v) is 4.53. The molecule has 3 heteroatoms. The summed E-state index contributed by atoms with van der Waals surface area (Å²) < 4.78 is 1.54. The molecule has 0 saturated carbocycles. The molecule has 3 aromatic rings. The fourth-order valence-corrected chi connectivity index (χ4v) is 2.29. The van der Waals surface area contributed by atoms with Crippen molar-refractivity contribution < 1.29 is 9.90 Å². The Morgan fingerprint density at radius 2 is 1.90 bits per heavy atom.